The Hall–Kier alpha value is -3.50. The number of anilines is 2. The lowest BCUT2D eigenvalue weighted by molar-refractivity contribution is -0.152. The van der Waals surface area contributed by atoms with Gasteiger partial charge in [0.15, 0.2) is 0 Å². The van der Waals surface area contributed by atoms with E-state index >= 15 is 0 Å². The van der Waals surface area contributed by atoms with Crippen LogP contribution < -0.4 is 21.3 Å². The van der Waals surface area contributed by atoms with Crippen LogP contribution in [-0.4, -0.2) is 80.2 Å². The number of aromatic nitrogens is 2. The number of carbonyl (C=O) groups excluding carboxylic acids is 2. The number of unbranched alkanes of at least 4 members (excludes halogenated alkanes) is 1. The van der Waals surface area contributed by atoms with Crippen molar-refractivity contribution in [2.45, 2.75) is 163 Å². The molecular formula is C54H89N7O3. The number of nitrogens with one attached hydrogen (secondary N) is 2. The fourth-order valence-corrected chi connectivity index (χ4v) is 12.4. The van der Waals surface area contributed by atoms with Gasteiger partial charge in [0.2, 0.25) is 5.91 Å². The van der Waals surface area contributed by atoms with Gasteiger partial charge in [-0.1, -0.05) is 78.9 Å². The fourth-order valence-electron chi connectivity index (χ4n) is 12.4. The molecule has 4 aliphatic carbocycles. The highest BCUT2D eigenvalue weighted by Gasteiger charge is 2.59. The maximum Gasteiger partial charge on any atom is 0.306 e. The van der Waals surface area contributed by atoms with E-state index in [4.69, 9.17) is 10.5 Å². The molecule has 0 aromatic carbocycles. The van der Waals surface area contributed by atoms with Gasteiger partial charge in [-0.3, -0.25) is 24.5 Å². The minimum atomic E-state index is -0.227. The lowest BCUT2D eigenvalue weighted by Gasteiger charge is -2.58. The van der Waals surface area contributed by atoms with Crippen molar-refractivity contribution < 1.29 is 14.3 Å². The van der Waals surface area contributed by atoms with Crippen molar-refractivity contribution in [3.05, 3.63) is 59.7 Å². The number of hydrogen-bond donors (Lipinski definition) is 3. The van der Waals surface area contributed by atoms with Crippen molar-refractivity contribution in [1.29, 1.82) is 0 Å². The molecule has 0 bridgehead atoms. The van der Waals surface area contributed by atoms with Gasteiger partial charge in [0.1, 0.15) is 6.10 Å². The summed E-state index contributed by atoms with van der Waals surface area (Å²) in [6.07, 6.45) is 24.5. The first kappa shape index (κ1) is 51.5. The minimum Gasteiger partial charge on any atom is -0.462 e. The van der Waals surface area contributed by atoms with E-state index in [2.05, 4.69) is 97.2 Å². The number of aryl methyl sites for hydroxylation is 1. The summed E-state index contributed by atoms with van der Waals surface area (Å²) in [7, 11) is 6.11. The Kier molecular flexibility index (Phi) is 20.0. The number of carbonyl (C=O) groups is 2. The van der Waals surface area contributed by atoms with E-state index in [9.17, 15) is 9.59 Å². The number of amides is 1. The first-order valence-corrected chi connectivity index (χ1v) is 25.5. The molecule has 0 radical (unpaired) electrons. The molecule has 8 unspecified atom stereocenters. The molecule has 10 heteroatoms. The van der Waals surface area contributed by atoms with E-state index in [1.54, 1.807) is 5.57 Å². The lowest BCUT2D eigenvalue weighted by atomic mass is 9.47. The van der Waals surface area contributed by atoms with Crippen molar-refractivity contribution in [3.63, 3.8) is 0 Å². The van der Waals surface area contributed by atoms with Crippen LogP contribution >= 0.6 is 0 Å². The molecule has 4 aliphatic rings. The number of likely N-dealkylation sites (N-methyl/N-ethyl adjacent to an activating group) is 1. The standard InChI is InChI=1S/C43H69N3O3.C11H20N4/c1-7-11-33-29-34(22-27-45-33)44-25-8-9-26-46-40(47)18-19-41(48)49-35-20-23-42(5)32(28-35)14-15-36-38-17-16-37(31(4)13-10-12-30(2)3)43(38,6)24-21-39(36)42;1-14(2)11-4-6-13-10(8-11)9-15(3)7-5-12/h14,22,27,29-31,35-39H,7-13,15-21,23-26,28H2,1-6H3,(H,44,45)(H,46,47);4,6,8H,5,7,9,12H2,1-3H3. The van der Waals surface area contributed by atoms with Crippen LogP contribution in [0.3, 0.4) is 0 Å². The first-order chi connectivity index (χ1) is 30.7. The van der Waals surface area contributed by atoms with Gasteiger partial charge >= 0.3 is 5.97 Å². The minimum absolute atomic E-state index is 0.0474. The van der Waals surface area contributed by atoms with Gasteiger partial charge in [0, 0.05) is 89.1 Å². The van der Waals surface area contributed by atoms with Gasteiger partial charge < -0.3 is 26.0 Å². The Morgan fingerprint density at radius 3 is 2.42 bits per heavy atom. The van der Waals surface area contributed by atoms with Crippen molar-refractivity contribution in [3.8, 4) is 0 Å². The Balaban J connectivity index is 0.000000435. The van der Waals surface area contributed by atoms with E-state index < -0.39 is 0 Å². The van der Waals surface area contributed by atoms with Gasteiger partial charge in [-0.2, -0.15) is 0 Å². The Morgan fingerprint density at radius 2 is 1.67 bits per heavy atom. The predicted octanol–water partition coefficient (Wildman–Crippen LogP) is 10.6. The summed E-state index contributed by atoms with van der Waals surface area (Å²) in [4.78, 5) is 38.2. The number of allylic oxidation sites excluding steroid dienone is 1. The van der Waals surface area contributed by atoms with Crippen LogP contribution in [-0.2, 0) is 27.3 Å². The number of pyridine rings is 2. The van der Waals surface area contributed by atoms with Crippen LogP contribution in [0.2, 0.25) is 0 Å². The SMILES string of the molecule is CCCc1cc(NCCCCNC(=O)CCC(=O)OC2CCC3(C)C(=CCC4C3CCC3(C)C(C(C)CCCC(C)C)CCC43)C2)ccn1.CN(CCN)Cc1cc(N(C)C)ccn1. The molecule has 0 spiro atoms. The normalized spacial score (nSPS) is 26.4. The van der Waals surface area contributed by atoms with E-state index in [-0.39, 0.29) is 36.2 Å². The highest BCUT2D eigenvalue weighted by molar-refractivity contribution is 5.81. The zero-order chi connectivity index (χ0) is 46.3. The summed E-state index contributed by atoms with van der Waals surface area (Å²) in [5.41, 5.74) is 12.3. The third-order valence-corrected chi connectivity index (χ3v) is 16.0. The summed E-state index contributed by atoms with van der Waals surface area (Å²) in [6, 6.07) is 8.22. The molecule has 6 rings (SSSR count). The molecule has 0 aliphatic heterocycles. The molecule has 2 aromatic rings. The summed E-state index contributed by atoms with van der Waals surface area (Å²) < 4.78 is 6.00. The second kappa shape index (κ2) is 24.9. The summed E-state index contributed by atoms with van der Waals surface area (Å²) >= 11 is 0. The van der Waals surface area contributed by atoms with Crippen molar-refractivity contribution in [2.24, 2.45) is 52.1 Å². The number of ether oxygens (including phenoxy) is 1. The average molecular weight is 884 g/mol. The van der Waals surface area contributed by atoms with Gasteiger partial charge in [-0.05, 0) is 142 Å². The van der Waals surface area contributed by atoms with Gasteiger partial charge in [0.25, 0.3) is 0 Å². The fraction of sp³-hybridized carbons (Fsp3) is 0.741. The summed E-state index contributed by atoms with van der Waals surface area (Å²) in [5.74, 6) is 4.70. The molecule has 2 heterocycles. The summed E-state index contributed by atoms with van der Waals surface area (Å²) in [5, 5.41) is 6.43. The molecule has 10 nitrogen and oxygen atoms in total. The van der Waals surface area contributed by atoms with E-state index in [0.717, 1.165) is 117 Å². The molecule has 8 atom stereocenters. The third-order valence-electron chi connectivity index (χ3n) is 16.0. The molecule has 0 saturated heterocycles. The molecule has 2 aromatic heterocycles. The molecule has 358 valence electrons. The number of esters is 1. The van der Waals surface area contributed by atoms with Crippen molar-refractivity contribution in [2.75, 3.05) is 57.5 Å². The zero-order valence-electron chi connectivity index (χ0n) is 41.7. The van der Waals surface area contributed by atoms with E-state index in [1.165, 1.54) is 57.1 Å². The molecule has 3 saturated carbocycles. The highest BCUT2D eigenvalue weighted by Crippen LogP contribution is 2.67. The number of rotatable bonds is 22. The Labute approximate surface area is 389 Å². The van der Waals surface area contributed by atoms with Crippen molar-refractivity contribution >= 4 is 23.3 Å². The van der Waals surface area contributed by atoms with Crippen molar-refractivity contribution in [1.82, 2.24) is 20.2 Å². The highest BCUT2D eigenvalue weighted by atomic mass is 16.5. The number of nitrogens with two attached hydrogens (primary N) is 1. The largest absolute Gasteiger partial charge is 0.462 e. The second-order valence-electron chi connectivity index (χ2n) is 21.3. The number of nitrogens with zero attached hydrogens (tertiary/aromatic N) is 4. The molecular weight excluding hydrogens is 795 g/mol. The van der Waals surface area contributed by atoms with Crippen LogP contribution in [0.1, 0.15) is 156 Å². The first-order valence-electron chi connectivity index (χ1n) is 25.5. The van der Waals surface area contributed by atoms with Crippen LogP contribution in [0, 0.1) is 46.3 Å². The monoisotopic (exact) mass is 884 g/mol. The predicted molar refractivity (Wildman–Crippen MR) is 265 cm³/mol. The number of fused-ring (bicyclic) bond motifs is 5. The second-order valence-corrected chi connectivity index (χ2v) is 21.3. The van der Waals surface area contributed by atoms with Gasteiger partial charge in [-0.25, -0.2) is 0 Å². The van der Waals surface area contributed by atoms with E-state index in [1.807, 2.05) is 38.6 Å². The molecule has 3 fully saturated rings. The van der Waals surface area contributed by atoms with Gasteiger partial charge in [-0.15, -0.1) is 0 Å². The molecule has 64 heavy (non-hydrogen) atoms. The smallest absolute Gasteiger partial charge is 0.306 e. The average Bonchev–Trinajstić information content (AvgIpc) is 3.62. The quantitative estimate of drug-likeness (QED) is 0.0602. The van der Waals surface area contributed by atoms with Crippen LogP contribution in [0.4, 0.5) is 11.4 Å². The number of hydrogen-bond acceptors (Lipinski definition) is 9. The lowest BCUT2D eigenvalue weighted by Crippen LogP contribution is -2.51. The third kappa shape index (κ3) is 14.3. The Morgan fingerprint density at radius 1 is 0.906 bits per heavy atom. The summed E-state index contributed by atoms with van der Waals surface area (Å²) in [6.45, 7) is 18.6. The molecule has 1 amide bonds. The van der Waals surface area contributed by atoms with Crippen LogP contribution in [0.25, 0.3) is 0 Å². The molecule has 4 N–H and O–H groups in total. The zero-order valence-corrected chi connectivity index (χ0v) is 41.7. The maximum atomic E-state index is 12.8. The van der Waals surface area contributed by atoms with Crippen LogP contribution in [0.15, 0.2) is 48.3 Å². The Bertz CT molecular complexity index is 1780. The maximum absolute atomic E-state index is 12.8. The van der Waals surface area contributed by atoms with E-state index in [0.29, 0.717) is 18.5 Å². The van der Waals surface area contributed by atoms with Crippen LogP contribution in [0.5, 0.6) is 0 Å². The van der Waals surface area contributed by atoms with Gasteiger partial charge in [0.05, 0.1) is 12.1 Å². The topological polar surface area (TPSA) is 126 Å².